The molecule has 20 heavy (non-hydrogen) atoms. The molecule has 0 fully saturated rings. The minimum absolute atomic E-state index is 0. The Balaban J connectivity index is -0.00000144. The van der Waals surface area contributed by atoms with E-state index in [0.29, 0.717) is 0 Å². The van der Waals surface area contributed by atoms with Gasteiger partial charge >= 0.3 is 68.5 Å². The number of hydrogen-bond acceptors (Lipinski definition) is 4. The Bertz CT molecular complexity index is 349. The molecule has 0 heterocycles. The average molecular weight is 504 g/mol. The third-order valence-corrected chi connectivity index (χ3v) is 1.70. The van der Waals surface area contributed by atoms with Gasteiger partial charge in [0.05, 0.1) is 0 Å². The molecule has 14 heteroatoms. The Morgan fingerprint density at radius 3 is 0.850 bits per heavy atom. The van der Waals surface area contributed by atoms with Crippen molar-refractivity contribution in [1.82, 2.24) is 0 Å². The van der Waals surface area contributed by atoms with Crippen LogP contribution in [0.5, 0.6) is 0 Å². The van der Waals surface area contributed by atoms with Crippen LogP contribution in [0.1, 0.15) is 0 Å². The summed E-state index contributed by atoms with van der Waals surface area (Å²) in [5, 5.41) is 19.1. The SMILES string of the molecule is O=C([O-])C(F)(F)C(F)(F)C(F)(F)C(F)(F)C(=O)[O-].[Ag+].[Ag+]. The Morgan fingerprint density at radius 2 is 0.750 bits per heavy atom. The van der Waals surface area contributed by atoms with E-state index >= 15 is 0 Å². The zero-order valence-electron chi connectivity index (χ0n) is 8.26. The molecule has 0 amide bonds. The van der Waals surface area contributed by atoms with E-state index in [4.69, 9.17) is 0 Å². The molecule has 0 spiro atoms. The molecule has 0 rings (SSSR count). The summed E-state index contributed by atoms with van der Waals surface area (Å²) in [4.78, 5) is 19.1. The first-order valence-corrected chi connectivity index (χ1v) is 3.58. The monoisotopic (exact) mass is 502 g/mol. The Labute approximate surface area is 135 Å². The topological polar surface area (TPSA) is 80.3 Å². The van der Waals surface area contributed by atoms with Crippen molar-refractivity contribution in [2.45, 2.75) is 23.7 Å². The van der Waals surface area contributed by atoms with Gasteiger partial charge in [-0.15, -0.1) is 0 Å². The first kappa shape index (κ1) is 24.9. The molecular formula is C6Ag2F8O4. The second kappa shape index (κ2) is 6.75. The van der Waals surface area contributed by atoms with Crippen LogP contribution in [0.3, 0.4) is 0 Å². The molecule has 0 saturated carbocycles. The number of rotatable bonds is 5. The van der Waals surface area contributed by atoms with E-state index in [1.54, 1.807) is 0 Å². The number of alkyl halides is 8. The predicted molar refractivity (Wildman–Crippen MR) is 29.8 cm³/mol. The molecule has 0 aromatic carbocycles. The van der Waals surface area contributed by atoms with Gasteiger partial charge in [0.2, 0.25) is 0 Å². The molecule has 0 aromatic heterocycles. The fourth-order valence-corrected chi connectivity index (χ4v) is 0.651. The van der Waals surface area contributed by atoms with Gasteiger partial charge in [-0.1, -0.05) is 0 Å². The van der Waals surface area contributed by atoms with Crippen LogP contribution in [-0.4, -0.2) is 35.6 Å². The molecule has 4 nitrogen and oxygen atoms in total. The maximum absolute atomic E-state index is 12.4. The average Bonchev–Trinajstić information content (AvgIpc) is 2.15. The first-order valence-electron chi connectivity index (χ1n) is 3.58. The van der Waals surface area contributed by atoms with Gasteiger partial charge in [-0.2, -0.15) is 35.1 Å². The summed E-state index contributed by atoms with van der Waals surface area (Å²) < 4.78 is 98.3. The molecular weight excluding hydrogens is 504 g/mol. The summed E-state index contributed by atoms with van der Waals surface area (Å²) in [6, 6.07) is 0. The molecule has 0 N–H and O–H groups in total. The minimum atomic E-state index is -7.22. The second-order valence-electron chi connectivity index (χ2n) is 2.87. The molecule has 0 aliphatic rings. The third-order valence-electron chi connectivity index (χ3n) is 1.70. The number of carbonyl (C=O) groups is 2. The maximum Gasteiger partial charge on any atom is 1.00 e. The van der Waals surface area contributed by atoms with Crippen LogP contribution < -0.4 is 10.2 Å². The van der Waals surface area contributed by atoms with Crippen LogP contribution in [0, 0.1) is 0 Å². The quantitative estimate of drug-likeness (QED) is 0.357. The van der Waals surface area contributed by atoms with Crippen molar-refractivity contribution in [2.75, 3.05) is 0 Å². The largest absolute Gasteiger partial charge is 1.00 e. The molecule has 0 aliphatic carbocycles. The van der Waals surface area contributed by atoms with Crippen molar-refractivity contribution in [3.05, 3.63) is 0 Å². The van der Waals surface area contributed by atoms with E-state index in [-0.39, 0.29) is 44.8 Å². The second-order valence-corrected chi connectivity index (χ2v) is 2.87. The van der Waals surface area contributed by atoms with Crippen LogP contribution in [0.25, 0.3) is 0 Å². The van der Waals surface area contributed by atoms with Gasteiger partial charge in [0.15, 0.2) is 0 Å². The fraction of sp³-hybridized carbons (Fsp3) is 0.667. The zero-order chi connectivity index (χ0) is 15.2. The molecule has 0 atom stereocenters. The number of hydrogen-bond donors (Lipinski definition) is 0. The summed E-state index contributed by atoms with van der Waals surface area (Å²) in [6.45, 7) is 0. The summed E-state index contributed by atoms with van der Waals surface area (Å²) in [6.07, 6.45) is 0. The van der Waals surface area contributed by atoms with E-state index in [1.807, 2.05) is 0 Å². The van der Waals surface area contributed by atoms with Crippen molar-refractivity contribution in [3.63, 3.8) is 0 Å². The summed E-state index contributed by atoms with van der Waals surface area (Å²) in [7, 11) is 0. The summed E-state index contributed by atoms with van der Waals surface area (Å²) in [5.74, 6) is -36.1. The molecule has 126 valence electrons. The minimum Gasteiger partial charge on any atom is -0.544 e. The summed E-state index contributed by atoms with van der Waals surface area (Å²) >= 11 is 0. The van der Waals surface area contributed by atoms with Gasteiger partial charge in [-0.3, -0.25) is 0 Å². The van der Waals surface area contributed by atoms with E-state index in [1.165, 1.54) is 0 Å². The fourth-order valence-electron chi connectivity index (χ4n) is 0.651. The van der Waals surface area contributed by atoms with E-state index < -0.39 is 35.6 Å². The van der Waals surface area contributed by atoms with E-state index in [2.05, 4.69) is 0 Å². The van der Waals surface area contributed by atoms with Gasteiger partial charge < -0.3 is 19.8 Å². The van der Waals surface area contributed by atoms with Crippen molar-refractivity contribution >= 4 is 11.9 Å². The first-order chi connectivity index (χ1) is 7.64. The van der Waals surface area contributed by atoms with E-state index in [0.717, 1.165) is 0 Å². The van der Waals surface area contributed by atoms with Gasteiger partial charge in [0.1, 0.15) is 11.9 Å². The molecule has 0 bridgehead atoms. The number of carbonyl (C=O) groups excluding carboxylic acids is 2. The van der Waals surface area contributed by atoms with Gasteiger partial charge in [0, 0.05) is 0 Å². The number of aliphatic carboxylic acids is 2. The molecule has 0 aliphatic heterocycles. The van der Waals surface area contributed by atoms with Crippen LogP contribution in [-0.2, 0) is 54.3 Å². The molecule has 0 unspecified atom stereocenters. The van der Waals surface area contributed by atoms with Crippen molar-refractivity contribution in [3.8, 4) is 0 Å². The van der Waals surface area contributed by atoms with Crippen molar-refractivity contribution < 1.29 is 99.7 Å². The molecule has 0 saturated heterocycles. The molecule has 0 radical (unpaired) electrons. The normalized spacial score (nSPS) is 13.0. The van der Waals surface area contributed by atoms with Crippen LogP contribution in [0.2, 0.25) is 0 Å². The number of halogens is 8. The number of carboxylic acid groups (broad SMARTS) is 2. The van der Waals surface area contributed by atoms with E-state index in [9.17, 15) is 54.9 Å². The summed E-state index contributed by atoms with van der Waals surface area (Å²) in [5.41, 5.74) is 0. The van der Waals surface area contributed by atoms with Crippen LogP contribution >= 0.6 is 0 Å². The Hall–Kier alpha value is -0.139. The molecule has 0 aromatic rings. The predicted octanol–water partition coefficient (Wildman–Crippen LogP) is -0.978. The standard InChI is InChI=1S/C6H2F8O4.2Ag/c7-3(8,1(15)16)5(11,12)6(13,14)4(9,10)2(17)18;;/h(H,15,16)(H,17,18);;/q;2*+1/p-2. The van der Waals surface area contributed by atoms with Crippen molar-refractivity contribution in [1.29, 1.82) is 0 Å². The zero-order valence-corrected chi connectivity index (χ0v) is 11.2. The smallest absolute Gasteiger partial charge is 0.544 e. The maximum atomic E-state index is 12.4. The van der Waals surface area contributed by atoms with Crippen molar-refractivity contribution in [2.24, 2.45) is 0 Å². The van der Waals surface area contributed by atoms with Crippen LogP contribution in [0.15, 0.2) is 0 Å². The van der Waals surface area contributed by atoms with Gasteiger partial charge in [-0.05, 0) is 0 Å². The van der Waals surface area contributed by atoms with Crippen LogP contribution in [0.4, 0.5) is 35.1 Å². The van der Waals surface area contributed by atoms with Gasteiger partial charge in [-0.25, -0.2) is 0 Å². The third kappa shape index (κ3) is 3.36. The Morgan fingerprint density at radius 1 is 0.600 bits per heavy atom. The van der Waals surface area contributed by atoms with Gasteiger partial charge in [0.25, 0.3) is 0 Å². The number of carboxylic acids is 2. The Kier molecular flexibility index (Phi) is 8.38.